The highest BCUT2D eigenvalue weighted by Crippen LogP contribution is 2.16. The van der Waals surface area contributed by atoms with Gasteiger partial charge in [0.15, 0.2) is 24.8 Å². The lowest BCUT2D eigenvalue weighted by Crippen LogP contribution is -2.33. The van der Waals surface area contributed by atoms with Crippen LogP contribution in [-0.2, 0) is 13.1 Å². The number of rotatable bonds is 23. The van der Waals surface area contributed by atoms with Crippen LogP contribution in [0.2, 0.25) is 0 Å². The molecule has 0 aliphatic carbocycles. The minimum absolute atomic E-state index is 0.351. The Morgan fingerprint density at radius 3 is 1.08 bits per heavy atom. The third-order valence-corrected chi connectivity index (χ3v) is 7.46. The highest BCUT2D eigenvalue weighted by molar-refractivity contribution is 5.60. The second-order valence-electron chi connectivity index (χ2n) is 10.7. The molecule has 0 atom stereocenters. The van der Waals surface area contributed by atoms with Gasteiger partial charge in [0.1, 0.15) is 13.1 Å². The van der Waals surface area contributed by atoms with Crippen LogP contribution in [0.5, 0.6) is 0 Å². The quantitative estimate of drug-likeness (QED) is 0.121. The Morgan fingerprint density at radius 2 is 0.750 bits per heavy atom. The molecule has 0 spiro atoms. The summed E-state index contributed by atoms with van der Waals surface area (Å²) in [4.78, 5) is 0. The van der Waals surface area contributed by atoms with Crippen LogP contribution in [0.4, 0.5) is 0 Å². The lowest BCUT2D eigenvalue weighted by atomic mass is 10.1. The van der Waals surface area contributed by atoms with Gasteiger partial charge in [0.05, 0.1) is 0 Å². The number of nitrogens with zero attached hydrogens (tertiary/aromatic N) is 2. The van der Waals surface area contributed by atoms with E-state index >= 15 is 0 Å². The van der Waals surface area contributed by atoms with Gasteiger partial charge in [0.25, 0.3) is 0 Å². The van der Waals surface area contributed by atoms with Crippen LogP contribution in [0.15, 0.2) is 49.1 Å². The Bertz CT molecular complexity index is 676. The van der Waals surface area contributed by atoms with Gasteiger partial charge in [-0.05, 0) is 30.4 Å². The number of aliphatic hydroxyl groups is 1. The number of aryl methyl sites for hydroxylation is 2. The first-order valence-electron chi connectivity index (χ1n) is 15.4. The Kier molecular flexibility index (Phi) is 18.1. The summed E-state index contributed by atoms with van der Waals surface area (Å²) in [6.07, 6.45) is 34.3. The Morgan fingerprint density at radius 1 is 0.444 bits per heavy atom. The van der Waals surface area contributed by atoms with Crippen LogP contribution in [0.25, 0.3) is 11.1 Å². The fourth-order valence-corrected chi connectivity index (χ4v) is 5.02. The van der Waals surface area contributed by atoms with Crippen molar-refractivity contribution in [3.63, 3.8) is 0 Å². The normalized spacial score (nSPS) is 11.3. The number of hydrogen-bond donors (Lipinski definition) is 1. The molecule has 36 heavy (non-hydrogen) atoms. The number of hydrogen-bond acceptors (Lipinski definition) is 1. The molecule has 3 heteroatoms. The summed E-state index contributed by atoms with van der Waals surface area (Å²) in [7, 11) is 0. The molecule has 0 amide bonds. The van der Waals surface area contributed by atoms with Crippen LogP contribution in [-0.4, -0.2) is 11.7 Å². The SMILES string of the molecule is CCCCCCCCCCCC[n+]1ccc(-c2cc[n+](CCCCCCCCCCCO)cc2)cc1. The monoisotopic (exact) mass is 496 g/mol. The van der Waals surface area contributed by atoms with Crippen LogP contribution >= 0.6 is 0 Å². The van der Waals surface area contributed by atoms with Gasteiger partial charge in [-0.1, -0.05) is 96.8 Å². The number of aromatic nitrogens is 2. The third kappa shape index (κ3) is 14.7. The van der Waals surface area contributed by atoms with E-state index in [0.717, 1.165) is 19.5 Å². The van der Waals surface area contributed by atoms with E-state index in [2.05, 4.69) is 65.1 Å². The summed E-state index contributed by atoms with van der Waals surface area (Å²) in [6, 6.07) is 9.04. The molecule has 0 saturated heterocycles. The van der Waals surface area contributed by atoms with Crippen molar-refractivity contribution in [2.24, 2.45) is 0 Å². The molecule has 0 radical (unpaired) electrons. The molecule has 0 aromatic carbocycles. The molecule has 202 valence electrons. The van der Waals surface area contributed by atoms with Gasteiger partial charge in [-0.25, -0.2) is 9.13 Å². The van der Waals surface area contributed by atoms with Crippen molar-refractivity contribution < 1.29 is 14.2 Å². The van der Waals surface area contributed by atoms with Crippen LogP contribution in [0.1, 0.15) is 129 Å². The molecule has 0 bridgehead atoms. The fraction of sp³-hybridized carbons (Fsp3) is 0.697. The predicted molar refractivity (Wildman–Crippen MR) is 153 cm³/mol. The van der Waals surface area contributed by atoms with E-state index in [1.165, 1.54) is 127 Å². The van der Waals surface area contributed by atoms with Gasteiger partial charge in [-0.15, -0.1) is 0 Å². The number of aliphatic hydroxyl groups excluding tert-OH is 1. The first-order valence-corrected chi connectivity index (χ1v) is 15.4. The van der Waals surface area contributed by atoms with E-state index in [1.54, 1.807) is 0 Å². The minimum Gasteiger partial charge on any atom is -0.396 e. The highest BCUT2D eigenvalue weighted by Gasteiger charge is 2.06. The summed E-state index contributed by atoms with van der Waals surface area (Å²) < 4.78 is 4.67. The molecule has 2 aromatic heterocycles. The molecule has 1 N–H and O–H groups in total. The average Bonchev–Trinajstić information content (AvgIpc) is 2.91. The van der Waals surface area contributed by atoms with E-state index in [9.17, 15) is 0 Å². The van der Waals surface area contributed by atoms with Crippen molar-refractivity contribution in [2.75, 3.05) is 6.61 Å². The van der Waals surface area contributed by atoms with Gasteiger partial charge < -0.3 is 5.11 Å². The highest BCUT2D eigenvalue weighted by atomic mass is 16.2. The third-order valence-electron chi connectivity index (χ3n) is 7.46. The Hall–Kier alpha value is -1.74. The topological polar surface area (TPSA) is 28.0 Å². The Balaban J connectivity index is 1.53. The summed E-state index contributed by atoms with van der Waals surface area (Å²) >= 11 is 0. The molecule has 2 aromatic rings. The molecule has 0 aliphatic rings. The molecular weight excluding hydrogens is 440 g/mol. The van der Waals surface area contributed by atoms with Crippen molar-refractivity contribution in [1.82, 2.24) is 0 Å². The summed E-state index contributed by atoms with van der Waals surface area (Å²) in [5.74, 6) is 0. The lowest BCUT2D eigenvalue weighted by molar-refractivity contribution is -0.697. The molecular formula is C33H56N2O+2. The van der Waals surface area contributed by atoms with E-state index < -0.39 is 0 Å². The second kappa shape index (κ2) is 21.4. The van der Waals surface area contributed by atoms with Crippen LogP contribution in [0.3, 0.4) is 0 Å². The van der Waals surface area contributed by atoms with Gasteiger partial charge in [-0.2, -0.15) is 0 Å². The number of unbranched alkanes of at least 4 members (excludes halogenated alkanes) is 17. The Labute approximate surface area is 223 Å². The van der Waals surface area contributed by atoms with E-state index in [-0.39, 0.29) is 0 Å². The van der Waals surface area contributed by atoms with Crippen LogP contribution in [0, 0.1) is 0 Å². The zero-order chi connectivity index (χ0) is 25.5. The summed E-state index contributed by atoms with van der Waals surface area (Å²) in [6.45, 7) is 4.89. The van der Waals surface area contributed by atoms with Crippen molar-refractivity contribution in [3.05, 3.63) is 49.1 Å². The molecule has 2 rings (SSSR count). The first-order chi connectivity index (χ1) is 17.8. The van der Waals surface area contributed by atoms with Gasteiger partial charge in [0.2, 0.25) is 0 Å². The van der Waals surface area contributed by atoms with E-state index in [1.807, 2.05) is 0 Å². The number of pyridine rings is 2. The molecule has 0 saturated carbocycles. The van der Waals surface area contributed by atoms with Crippen LogP contribution < -0.4 is 9.13 Å². The summed E-state index contributed by atoms with van der Waals surface area (Å²) in [5, 5.41) is 8.81. The summed E-state index contributed by atoms with van der Waals surface area (Å²) in [5.41, 5.74) is 2.61. The minimum atomic E-state index is 0.351. The van der Waals surface area contributed by atoms with E-state index in [4.69, 9.17) is 5.11 Å². The lowest BCUT2D eigenvalue weighted by Gasteiger charge is -2.03. The molecule has 0 fully saturated rings. The van der Waals surface area contributed by atoms with Crippen molar-refractivity contribution in [1.29, 1.82) is 0 Å². The standard InChI is InChI=1S/C33H56N2O/c1-2-3-4-5-6-7-9-12-15-18-25-34-27-21-32(22-28-34)33-23-29-35(30-24-33)26-19-16-13-10-8-11-14-17-20-31-36/h21-24,27-30,36H,2-20,25-26,31H2,1H3/q+2. The smallest absolute Gasteiger partial charge is 0.169 e. The maximum Gasteiger partial charge on any atom is 0.169 e. The largest absolute Gasteiger partial charge is 0.396 e. The maximum atomic E-state index is 8.81. The average molecular weight is 497 g/mol. The van der Waals surface area contributed by atoms with E-state index in [0.29, 0.717) is 6.61 Å². The van der Waals surface area contributed by atoms with Crippen molar-refractivity contribution in [3.8, 4) is 11.1 Å². The van der Waals surface area contributed by atoms with Gasteiger partial charge in [0, 0.05) is 43.7 Å². The molecule has 0 aliphatic heterocycles. The maximum absolute atomic E-state index is 8.81. The fourth-order valence-electron chi connectivity index (χ4n) is 5.02. The molecule has 2 heterocycles. The zero-order valence-electron chi connectivity index (χ0n) is 23.5. The molecule has 0 unspecified atom stereocenters. The van der Waals surface area contributed by atoms with Gasteiger partial charge in [-0.3, -0.25) is 0 Å². The van der Waals surface area contributed by atoms with Gasteiger partial charge >= 0.3 is 0 Å². The molecule has 3 nitrogen and oxygen atoms in total. The van der Waals surface area contributed by atoms with Crippen molar-refractivity contribution >= 4 is 0 Å². The predicted octanol–water partition coefficient (Wildman–Crippen LogP) is 8.35. The zero-order valence-corrected chi connectivity index (χ0v) is 23.5. The first kappa shape index (κ1) is 30.5. The van der Waals surface area contributed by atoms with Crippen molar-refractivity contribution in [2.45, 2.75) is 142 Å². The second-order valence-corrected chi connectivity index (χ2v) is 10.7.